The van der Waals surface area contributed by atoms with Gasteiger partial charge in [-0.1, -0.05) is 0 Å². The summed E-state index contributed by atoms with van der Waals surface area (Å²) in [6.07, 6.45) is -22.3. The van der Waals surface area contributed by atoms with Crippen molar-refractivity contribution in [2.45, 2.75) is 142 Å². The van der Waals surface area contributed by atoms with E-state index in [0.29, 0.717) is 0 Å². The minimum Gasteiger partial charge on any atom is -0.394 e. The number of aliphatic imine (C=N–C) groups is 1. The Bertz CT molecular complexity index is 1250. The summed E-state index contributed by atoms with van der Waals surface area (Å²) in [7, 11) is 0. The van der Waals surface area contributed by atoms with Crippen molar-refractivity contribution >= 4 is 11.9 Å². The van der Waals surface area contributed by atoms with E-state index < -0.39 is 142 Å². The fourth-order valence-corrected chi connectivity index (χ4v) is 6.99. The summed E-state index contributed by atoms with van der Waals surface area (Å²) in [5.74, 6) is -1.13. The number of guanidine groups is 1. The van der Waals surface area contributed by atoms with Crippen molar-refractivity contribution in [3.8, 4) is 0 Å². The lowest BCUT2D eigenvalue weighted by atomic mass is 9.83. The molecule has 0 aromatic carbocycles. The number of aliphatic hydroxyl groups excluding tert-OH is 9. The van der Waals surface area contributed by atoms with E-state index in [1.54, 1.807) is 0 Å². The van der Waals surface area contributed by atoms with Crippen LogP contribution < -0.4 is 45.0 Å². The topological polar surface area (TPSA) is 447 Å². The third-order valence-electron chi connectivity index (χ3n) is 10.2. The SMILES string of the molecule is NC[C@@H]1O[C@H](O[C@H]2[C@@H](O)[C@H](O[C@@H]3[C@@H](O)[C@H](NC(=O)[C@@H](O)CCN=C(N)N)C[C@H](N)[C@H]3O[C@H]3O[C@H](CNCC(O)CO)[C@@H](O)C[C@H]3N)O[C@@H]2CO)[C@H](N)[C@@H](O)[C@@H]1O. The number of hydrogen-bond donors (Lipinski definition) is 17. The van der Waals surface area contributed by atoms with Gasteiger partial charge in [-0.3, -0.25) is 9.79 Å². The van der Waals surface area contributed by atoms with Crippen LogP contribution in [0.5, 0.6) is 0 Å². The molecule has 4 aliphatic rings. The summed E-state index contributed by atoms with van der Waals surface area (Å²) in [5, 5.41) is 99.3. The highest BCUT2D eigenvalue weighted by molar-refractivity contribution is 5.81. The Balaban J connectivity index is 1.54. The zero-order chi connectivity index (χ0) is 41.4. The first kappa shape index (κ1) is 46.6. The molecular formula is C31H61N9O16. The first-order chi connectivity index (χ1) is 26.5. The molecule has 0 bridgehead atoms. The minimum atomic E-state index is -1.73. The molecule has 3 aliphatic heterocycles. The number of carbonyl (C=O) groups excluding carboxylic acids is 1. The minimum absolute atomic E-state index is 0.00418. The van der Waals surface area contributed by atoms with Crippen molar-refractivity contribution in [3.63, 3.8) is 0 Å². The van der Waals surface area contributed by atoms with E-state index in [1.165, 1.54) is 0 Å². The Morgan fingerprint density at radius 2 is 1.43 bits per heavy atom. The highest BCUT2D eigenvalue weighted by Crippen LogP contribution is 2.34. The molecule has 20 atom stereocenters. The van der Waals surface area contributed by atoms with Crippen molar-refractivity contribution < 1.29 is 79.2 Å². The van der Waals surface area contributed by atoms with Crippen LogP contribution in [0.4, 0.5) is 0 Å². The Labute approximate surface area is 322 Å². The molecule has 0 aromatic heterocycles. The highest BCUT2D eigenvalue weighted by Gasteiger charge is 2.54. The number of nitrogens with zero attached hydrogens (tertiary/aromatic N) is 1. The molecule has 4 fully saturated rings. The number of aliphatic hydroxyl groups is 9. The number of hydrogen-bond acceptors (Lipinski definition) is 22. The van der Waals surface area contributed by atoms with Gasteiger partial charge in [0.15, 0.2) is 24.8 Å². The molecule has 3 heterocycles. The Kier molecular flexibility index (Phi) is 17.7. The van der Waals surface area contributed by atoms with E-state index in [2.05, 4.69) is 15.6 Å². The quantitative estimate of drug-likeness (QED) is 0.0451. The summed E-state index contributed by atoms with van der Waals surface area (Å²) < 4.78 is 35.7. The first-order valence-electron chi connectivity index (χ1n) is 18.4. The van der Waals surface area contributed by atoms with Gasteiger partial charge in [0.25, 0.3) is 0 Å². The molecule has 1 amide bonds. The lowest BCUT2D eigenvalue weighted by molar-refractivity contribution is -0.296. The first-order valence-corrected chi connectivity index (χ1v) is 18.4. The summed E-state index contributed by atoms with van der Waals surface area (Å²) >= 11 is 0. The molecule has 0 aromatic rings. The maximum absolute atomic E-state index is 13.0. The van der Waals surface area contributed by atoms with Crippen LogP contribution >= 0.6 is 0 Å². The maximum atomic E-state index is 13.0. The summed E-state index contributed by atoms with van der Waals surface area (Å²) in [4.78, 5) is 16.7. The second kappa shape index (κ2) is 21.3. The molecule has 1 unspecified atom stereocenters. The lowest BCUT2D eigenvalue weighted by Crippen LogP contribution is -2.67. The van der Waals surface area contributed by atoms with Gasteiger partial charge in [0.2, 0.25) is 5.91 Å². The van der Waals surface area contributed by atoms with Gasteiger partial charge in [0.1, 0.15) is 61.0 Å². The Morgan fingerprint density at radius 3 is 2.07 bits per heavy atom. The van der Waals surface area contributed by atoms with E-state index in [9.17, 15) is 45.6 Å². The average Bonchev–Trinajstić information content (AvgIpc) is 3.45. The Morgan fingerprint density at radius 1 is 0.786 bits per heavy atom. The molecule has 25 heteroatoms. The second-order valence-corrected chi connectivity index (χ2v) is 14.5. The fraction of sp³-hybridized carbons (Fsp3) is 0.935. The van der Waals surface area contributed by atoms with Crippen molar-refractivity contribution in [1.29, 1.82) is 0 Å². The molecular weight excluding hydrogens is 754 g/mol. The maximum Gasteiger partial charge on any atom is 0.249 e. The van der Waals surface area contributed by atoms with Gasteiger partial charge < -0.3 is 119 Å². The van der Waals surface area contributed by atoms with Gasteiger partial charge in [-0.25, -0.2) is 0 Å². The number of carbonyl (C=O) groups is 1. The molecule has 0 radical (unpaired) electrons. The van der Waals surface area contributed by atoms with Crippen molar-refractivity contribution in [3.05, 3.63) is 0 Å². The molecule has 1 saturated carbocycles. The highest BCUT2D eigenvalue weighted by atomic mass is 16.8. The number of amides is 1. The van der Waals surface area contributed by atoms with Gasteiger partial charge in [-0.2, -0.15) is 0 Å². The second-order valence-electron chi connectivity index (χ2n) is 14.5. The largest absolute Gasteiger partial charge is 0.394 e. The van der Waals surface area contributed by atoms with Crippen LogP contribution in [0.2, 0.25) is 0 Å². The van der Waals surface area contributed by atoms with E-state index >= 15 is 0 Å². The van der Waals surface area contributed by atoms with Gasteiger partial charge in [-0.05, 0) is 12.8 Å². The van der Waals surface area contributed by atoms with Crippen molar-refractivity contribution in [2.75, 3.05) is 39.4 Å². The molecule has 326 valence electrons. The third-order valence-corrected chi connectivity index (χ3v) is 10.2. The van der Waals surface area contributed by atoms with Crippen molar-refractivity contribution in [2.24, 2.45) is 39.4 Å². The predicted molar refractivity (Wildman–Crippen MR) is 189 cm³/mol. The van der Waals surface area contributed by atoms with Gasteiger partial charge in [0.05, 0.1) is 49.7 Å². The number of nitrogens with two attached hydrogens (primary N) is 6. The van der Waals surface area contributed by atoms with E-state index in [-0.39, 0.29) is 51.4 Å². The molecule has 3 saturated heterocycles. The number of rotatable bonds is 18. The predicted octanol–water partition coefficient (Wildman–Crippen LogP) is -10.7. The molecule has 23 N–H and O–H groups in total. The molecule has 25 nitrogen and oxygen atoms in total. The average molecular weight is 816 g/mol. The Hall–Kier alpha value is -2.06. The molecule has 0 spiro atoms. The van der Waals surface area contributed by atoms with Gasteiger partial charge in [-0.15, -0.1) is 0 Å². The normalized spacial score (nSPS) is 42.9. The standard InChI is InChI=1S/C31H61N9O16/c32-5-16-21(47)22(48)19(35)29(51-16)55-25-18(9-42)53-30(23(25)49)56-26-20(46)13(40-27(50)14(44)1-2-39-31(36)37)3-11(33)24(26)54-28-12(34)4-15(45)17(52-28)7-38-6-10(43)8-41/h10-26,28-30,38,41-49H,1-9,32-35H2,(H,40,50)(H4,36,37,39)/t10?,11-,12+,13+,14-,15-,16-,17+,18+,19+,20-,21+,22+,23+,24+,25+,26+,28+,29+,30-/m0/s1. The van der Waals surface area contributed by atoms with Crippen LogP contribution in [0.25, 0.3) is 0 Å². The van der Waals surface area contributed by atoms with Crippen LogP contribution in [-0.4, -0.2) is 220 Å². The van der Waals surface area contributed by atoms with E-state index in [1.807, 2.05) is 0 Å². The van der Waals surface area contributed by atoms with Crippen molar-refractivity contribution in [1.82, 2.24) is 10.6 Å². The smallest absolute Gasteiger partial charge is 0.249 e. The van der Waals surface area contributed by atoms with Gasteiger partial charge >= 0.3 is 0 Å². The molecule has 56 heavy (non-hydrogen) atoms. The fourth-order valence-electron chi connectivity index (χ4n) is 6.99. The third kappa shape index (κ3) is 11.6. The van der Waals surface area contributed by atoms with Crippen LogP contribution in [0.15, 0.2) is 4.99 Å². The molecule has 1 aliphatic carbocycles. The summed E-state index contributed by atoms with van der Waals surface area (Å²) in [6.45, 7) is -1.50. The number of ether oxygens (including phenoxy) is 6. The van der Waals surface area contributed by atoms with E-state index in [0.717, 1.165) is 0 Å². The summed E-state index contributed by atoms with van der Waals surface area (Å²) in [6, 6.07) is -4.47. The lowest BCUT2D eigenvalue weighted by Gasteiger charge is -2.47. The van der Waals surface area contributed by atoms with Gasteiger partial charge in [0, 0.05) is 38.6 Å². The zero-order valence-corrected chi connectivity index (χ0v) is 30.7. The number of nitrogens with one attached hydrogen (secondary N) is 2. The van der Waals surface area contributed by atoms with Crippen LogP contribution in [0, 0.1) is 0 Å². The van der Waals surface area contributed by atoms with E-state index in [4.69, 9.17) is 67.9 Å². The van der Waals surface area contributed by atoms with Crippen LogP contribution in [0.3, 0.4) is 0 Å². The van der Waals surface area contributed by atoms with Crippen LogP contribution in [0.1, 0.15) is 19.3 Å². The monoisotopic (exact) mass is 815 g/mol. The van der Waals surface area contributed by atoms with Crippen LogP contribution in [-0.2, 0) is 33.2 Å². The zero-order valence-electron chi connectivity index (χ0n) is 30.7. The summed E-state index contributed by atoms with van der Waals surface area (Å²) in [5.41, 5.74) is 35.2. The molecule has 4 rings (SSSR count).